The minimum Gasteiger partial charge on any atom is -0.508 e. The Hall–Kier alpha value is -2.99. The smallest absolute Gasteiger partial charge is 0.273 e. The third kappa shape index (κ3) is 3.41. The number of benzene rings is 2. The first-order valence-corrected chi connectivity index (χ1v) is 10.5. The summed E-state index contributed by atoms with van der Waals surface area (Å²) in [7, 11) is 0. The number of unbranched alkanes of at least 4 members (excludes halogenated alkanes) is 2. The van der Waals surface area contributed by atoms with Crippen LogP contribution in [0, 0.1) is 6.92 Å². The molecule has 1 atom stereocenters. The van der Waals surface area contributed by atoms with Crippen molar-refractivity contribution in [2.45, 2.75) is 39.2 Å². The molecule has 1 amide bonds. The van der Waals surface area contributed by atoms with Gasteiger partial charge in [-0.3, -0.25) is 9.89 Å². The molecule has 30 heavy (non-hydrogen) atoms. The van der Waals surface area contributed by atoms with E-state index in [9.17, 15) is 15.0 Å². The number of aromatic nitrogens is 2. The van der Waals surface area contributed by atoms with Crippen LogP contribution in [0.15, 0.2) is 36.4 Å². The van der Waals surface area contributed by atoms with Gasteiger partial charge in [0.15, 0.2) is 0 Å². The standard InChI is InChI=1S/C23H24ClN3O3/c1-3-4-5-9-27-22(14-7-6-8-15(28)11-14)19-20(25-26-21(19)23(27)30)16-12-17(24)13(2)10-18(16)29/h6-8,10-12,22,28-29H,3-5,9H2,1-2H3,(H,25,26). The van der Waals surface area contributed by atoms with Crippen molar-refractivity contribution in [1.29, 1.82) is 0 Å². The highest BCUT2D eigenvalue weighted by Gasteiger charge is 2.42. The van der Waals surface area contributed by atoms with Gasteiger partial charge in [-0.05, 0) is 48.7 Å². The summed E-state index contributed by atoms with van der Waals surface area (Å²) >= 11 is 6.31. The number of phenols is 2. The van der Waals surface area contributed by atoms with Gasteiger partial charge in [-0.15, -0.1) is 0 Å². The summed E-state index contributed by atoms with van der Waals surface area (Å²) in [4.78, 5) is 15.0. The number of rotatable bonds is 6. The molecule has 2 heterocycles. The summed E-state index contributed by atoms with van der Waals surface area (Å²) in [6.45, 7) is 4.53. The zero-order chi connectivity index (χ0) is 21.4. The van der Waals surface area contributed by atoms with Crippen molar-refractivity contribution in [2.75, 3.05) is 6.54 Å². The number of hydrogen-bond donors (Lipinski definition) is 3. The number of aryl methyl sites for hydroxylation is 1. The molecule has 1 unspecified atom stereocenters. The van der Waals surface area contributed by atoms with Crippen LogP contribution in [0.5, 0.6) is 11.5 Å². The average Bonchev–Trinajstić information content (AvgIpc) is 3.24. The fourth-order valence-electron chi connectivity index (χ4n) is 4.06. The molecule has 0 saturated carbocycles. The lowest BCUT2D eigenvalue weighted by Gasteiger charge is -2.26. The monoisotopic (exact) mass is 425 g/mol. The summed E-state index contributed by atoms with van der Waals surface area (Å²) < 4.78 is 0. The first-order valence-electron chi connectivity index (χ1n) is 10.1. The summed E-state index contributed by atoms with van der Waals surface area (Å²) in [6.07, 6.45) is 2.95. The van der Waals surface area contributed by atoms with Crippen molar-refractivity contribution in [2.24, 2.45) is 0 Å². The van der Waals surface area contributed by atoms with E-state index in [0.29, 0.717) is 34.1 Å². The van der Waals surface area contributed by atoms with E-state index in [0.717, 1.165) is 30.4 Å². The van der Waals surface area contributed by atoms with E-state index in [1.807, 2.05) is 17.9 Å². The Balaban J connectivity index is 1.87. The normalized spacial score (nSPS) is 15.6. The van der Waals surface area contributed by atoms with E-state index >= 15 is 0 Å². The molecular formula is C23H24ClN3O3. The van der Waals surface area contributed by atoms with E-state index in [4.69, 9.17) is 11.6 Å². The SMILES string of the molecule is CCCCCN1C(=O)c2[nH]nc(-c3cc(Cl)c(C)cc3O)c2C1c1cccc(O)c1. The number of aromatic hydroxyl groups is 2. The Morgan fingerprint density at radius 1 is 1.20 bits per heavy atom. The molecule has 0 spiro atoms. The van der Waals surface area contributed by atoms with Crippen LogP contribution in [-0.4, -0.2) is 37.8 Å². The molecule has 0 bridgehead atoms. The quantitative estimate of drug-likeness (QED) is 0.474. The molecule has 0 fully saturated rings. The van der Waals surface area contributed by atoms with E-state index in [1.165, 1.54) is 0 Å². The highest BCUT2D eigenvalue weighted by Crippen LogP contribution is 2.45. The topological polar surface area (TPSA) is 89.5 Å². The maximum absolute atomic E-state index is 13.2. The minimum absolute atomic E-state index is 0.0535. The number of halogens is 1. The van der Waals surface area contributed by atoms with Gasteiger partial charge >= 0.3 is 0 Å². The number of amides is 1. The molecule has 2 aromatic carbocycles. The molecule has 6 nitrogen and oxygen atoms in total. The number of aromatic amines is 1. The van der Waals surface area contributed by atoms with Crippen LogP contribution in [0.1, 0.15) is 59.4 Å². The van der Waals surface area contributed by atoms with Gasteiger partial charge in [0.2, 0.25) is 0 Å². The molecule has 3 aromatic rings. The van der Waals surface area contributed by atoms with Crippen LogP contribution in [0.4, 0.5) is 0 Å². The number of H-pyrrole nitrogens is 1. The van der Waals surface area contributed by atoms with Crippen LogP contribution in [0.3, 0.4) is 0 Å². The lowest BCUT2D eigenvalue weighted by molar-refractivity contribution is 0.0740. The summed E-state index contributed by atoms with van der Waals surface area (Å²) in [6, 6.07) is 9.77. The van der Waals surface area contributed by atoms with Crippen molar-refractivity contribution < 1.29 is 15.0 Å². The number of carbonyl (C=O) groups excluding carboxylic acids is 1. The van der Waals surface area contributed by atoms with Crippen molar-refractivity contribution in [3.8, 4) is 22.8 Å². The van der Waals surface area contributed by atoms with Crippen LogP contribution in [0.25, 0.3) is 11.3 Å². The summed E-state index contributed by atoms with van der Waals surface area (Å²) in [5, 5.41) is 28.4. The first kappa shape index (κ1) is 20.3. The van der Waals surface area contributed by atoms with Gasteiger partial charge in [-0.25, -0.2) is 0 Å². The average molecular weight is 426 g/mol. The summed E-state index contributed by atoms with van der Waals surface area (Å²) in [5.41, 5.74) is 3.61. The van der Waals surface area contributed by atoms with Crippen LogP contribution < -0.4 is 0 Å². The number of carbonyl (C=O) groups is 1. The van der Waals surface area contributed by atoms with Gasteiger partial charge in [0.05, 0.1) is 6.04 Å². The van der Waals surface area contributed by atoms with E-state index in [2.05, 4.69) is 17.1 Å². The summed E-state index contributed by atoms with van der Waals surface area (Å²) in [5.74, 6) is 0.0526. The van der Waals surface area contributed by atoms with Crippen molar-refractivity contribution in [1.82, 2.24) is 15.1 Å². The molecule has 3 N–H and O–H groups in total. The zero-order valence-electron chi connectivity index (χ0n) is 16.9. The van der Waals surface area contributed by atoms with Crippen molar-refractivity contribution in [3.63, 3.8) is 0 Å². The van der Waals surface area contributed by atoms with Gasteiger partial charge in [0, 0.05) is 22.7 Å². The molecule has 1 aromatic heterocycles. The first-order chi connectivity index (χ1) is 14.4. The fraction of sp³-hybridized carbons (Fsp3) is 0.304. The van der Waals surface area contributed by atoms with Crippen LogP contribution in [-0.2, 0) is 0 Å². The second kappa shape index (κ2) is 8.03. The van der Waals surface area contributed by atoms with Gasteiger partial charge in [0.25, 0.3) is 5.91 Å². The molecule has 0 saturated heterocycles. The molecule has 0 radical (unpaired) electrons. The molecular weight excluding hydrogens is 402 g/mol. The zero-order valence-corrected chi connectivity index (χ0v) is 17.7. The van der Waals surface area contributed by atoms with Crippen LogP contribution >= 0.6 is 11.6 Å². The minimum atomic E-state index is -0.412. The van der Waals surface area contributed by atoms with Crippen molar-refractivity contribution >= 4 is 17.5 Å². The van der Waals surface area contributed by atoms with Gasteiger partial charge in [-0.2, -0.15) is 5.10 Å². The fourth-order valence-corrected chi connectivity index (χ4v) is 4.23. The maximum Gasteiger partial charge on any atom is 0.273 e. The second-order valence-electron chi connectivity index (χ2n) is 7.68. The highest BCUT2D eigenvalue weighted by molar-refractivity contribution is 6.31. The highest BCUT2D eigenvalue weighted by atomic mass is 35.5. The largest absolute Gasteiger partial charge is 0.508 e. The third-order valence-electron chi connectivity index (χ3n) is 5.58. The number of phenolic OH excluding ortho intramolecular Hbond substituents is 2. The number of fused-ring (bicyclic) bond motifs is 1. The molecule has 156 valence electrons. The van der Waals surface area contributed by atoms with Gasteiger partial charge in [-0.1, -0.05) is 43.5 Å². The van der Waals surface area contributed by atoms with E-state index in [1.54, 1.807) is 30.3 Å². The number of hydrogen-bond acceptors (Lipinski definition) is 4. The van der Waals surface area contributed by atoms with Gasteiger partial charge < -0.3 is 15.1 Å². The molecule has 1 aliphatic rings. The third-order valence-corrected chi connectivity index (χ3v) is 5.99. The second-order valence-corrected chi connectivity index (χ2v) is 8.09. The molecule has 4 rings (SSSR count). The Morgan fingerprint density at radius 3 is 2.73 bits per heavy atom. The molecule has 1 aliphatic heterocycles. The van der Waals surface area contributed by atoms with Crippen LogP contribution in [0.2, 0.25) is 5.02 Å². The Morgan fingerprint density at radius 2 is 2.00 bits per heavy atom. The van der Waals surface area contributed by atoms with Gasteiger partial charge in [0.1, 0.15) is 22.9 Å². The van der Waals surface area contributed by atoms with E-state index in [-0.39, 0.29) is 17.4 Å². The predicted molar refractivity (Wildman–Crippen MR) is 116 cm³/mol. The lowest BCUT2D eigenvalue weighted by Crippen LogP contribution is -2.30. The Kier molecular flexibility index (Phi) is 5.43. The molecule has 7 heteroatoms. The Bertz CT molecular complexity index is 1110. The lowest BCUT2D eigenvalue weighted by atomic mass is 9.95. The van der Waals surface area contributed by atoms with E-state index < -0.39 is 6.04 Å². The molecule has 0 aliphatic carbocycles. The number of nitrogens with zero attached hydrogens (tertiary/aromatic N) is 2. The Labute approximate surface area is 180 Å². The van der Waals surface area contributed by atoms with Crippen molar-refractivity contribution in [3.05, 3.63) is 63.8 Å². The maximum atomic E-state index is 13.2. The number of nitrogens with one attached hydrogen (secondary N) is 1. The predicted octanol–water partition coefficient (Wildman–Crippen LogP) is 5.19.